The van der Waals surface area contributed by atoms with E-state index in [9.17, 15) is 0 Å². The van der Waals surface area contributed by atoms with Crippen molar-refractivity contribution in [3.63, 3.8) is 0 Å². The molecule has 8 aliphatic rings. The average Bonchev–Trinajstić information content (AvgIpc) is 1.00. The van der Waals surface area contributed by atoms with Crippen LogP contribution >= 0.6 is 0 Å². The third-order valence-corrected chi connectivity index (χ3v) is 21.1. The molecule has 17 rings (SSSR count). The molecule has 4 aliphatic carbocycles. The first-order valence-corrected chi connectivity index (χ1v) is 31.5. The van der Waals surface area contributed by atoms with E-state index in [0.717, 1.165) is 45.7 Å². The molecule has 0 radical (unpaired) electrons. The van der Waals surface area contributed by atoms with Gasteiger partial charge in [-0.25, -0.2) is 0 Å². The second-order valence-electron chi connectivity index (χ2n) is 25.9. The van der Waals surface area contributed by atoms with Gasteiger partial charge in [0.1, 0.15) is 23.0 Å². The fourth-order valence-electron chi connectivity index (χ4n) is 16.8. The van der Waals surface area contributed by atoms with Crippen LogP contribution in [0.4, 0.5) is 34.1 Å². The van der Waals surface area contributed by atoms with Gasteiger partial charge >= 0.3 is 0 Å². The van der Waals surface area contributed by atoms with Crippen molar-refractivity contribution in [2.24, 2.45) is 0 Å². The molecule has 0 atom stereocenters. The molecule has 0 aromatic heterocycles. The summed E-state index contributed by atoms with van der Waals surface area (Å²) in [6.07, 6.45) is 20.4. The molecule has 6 heteroatoms. The monoisotopic (exact) mass is 1060 g/mol. The molecule has 82 heavy (non-hydrogen) atoms. The zero-order valence-corrected chi connectivity index (χ0v) is 47.7. The van der Waals surface area contributed by atoms with Crippen LogP contribution in [0.5, 0.6) is 23.0 Å². The van der Waals surface area contributed by atoms with Crippen LogP contribution in [0.3, 0.4) is 0 Å². The predicted molar refractivity (Wildman–Crippen MR) is 343 cm³/mol. The quantitative estimate of drug-likeness (QED) is 0.142. The van der Waals surface area contributed by atoms with Gasteiger partial charge in [-0.2, -0.15) is 0 Å². The molecule has 4 nitrogen and oxygen atoms in total. The van der Waals surface area contributed by atoms with Gasteiger partial charge in [0, 0.05) is 33.7 Å². The van der Waals surface area contributed by atoms with Crippen LogP contribution in [0, 0.1) is 13.8 Å². The highest BCUT2D eigenvalue weighted by atomic mass is 16.5. The van der Waals surface area contributed by atoms with E-state index in [4.69, 9.17) is 9.47 Å². The standard InChI is InChI=1S/C76H70B2N2O2/c1-47-19-23-55(24-20-47)59-33-41-69-65(45-59)77-63-43-57(51-15-7-8-16-51)31-39-67(63)79(61-35-27-53(28-36-61)49-11-3-4-12-49)73-71(77)75(81-69)74-72-76(73)82-70-42-34-60(56-25-21-48(2)22-26-56)46-66(70)78(72)64-44-58(52-17-9-10-18-52)32-40-68(64)80(74)62-37-29-54(30-38-62)50-13-5-6-14-50/h19-46,49-52H,3-18H2,1-2H3. The van der Waals surface area contributed by atoms with Gasteiger partial charge in [-0.1, -0.05) is 184 Å². The first kappa shape index (κ1) is 49.0. The maximum atomic E-state index is 7.97. The number of hydrogen-bond donors (Lipinski definition) is 0. The number of nitrogens with zero attached hydrogens (tertiary/aromatic N) is 2. The third kappa shape index (κ3) is 7.86. The number of ether oxygens (including phenoxy) is 2. The summed E-state index contributed by atoms with van der Waals surface area (Å²) in [4.78, 5) is 5.23. The molecule has 0 bridgehead atoms. The van der Waals surface area contributed by atoms with Crippen molar-refractivity contribution in [1.29, 1.82) is 0 Å². The molecule has 4 saturated carbocycles. The van der Waals surface area contributed by atoms with Crippen LogP contribution < -0.4 is 52.1 Å². The maximum absolute atomic E-state index is 7.97. The van der Waals surface area contributed by atoms with E-state index in [1.807, 2.05) is 0 Å². The first-order chi connectivity index (χ1) is 40.5. The second kappa shape index (κ2) is 19.5. The number of fused-ring (bicyclic) bond motifs is 10. The molecule has 0 amide bonds. The van der Waals surface area contributed by atoms with E-state index in [0.29, 0.717) is 23.7 Å². The lowest BCUT2D eigenvalue weighted by Crippen LogP contribution is -2.64. The number of benzene rings is 9. The Morgan fingerprint density at radius 2 is 0.659 bits per heavy atom. The van der Waals surface area contributed by atoms with Crippen molar-refractivity contribution in [2.45, 2.75) is 140 Å². The van der Waals surface area contributed by atoms with Crippen LogP contribution in [-0.4, -0.2) is 13.4 Å². The molecule has 9 aromatic carbocycles. The Balaban J connectivity index is 0.980. The normalized spacial score (nSPS) is 18.0. The molecule has 0 unspecified atom stereocenters. The summed E-state index contributed by atoms with van der Waals surface area (Å²) in [5, 5.41) is 0. The summed E-state index contributed by atoms with van der Waals surface area (Å²) in [5.74, 6) is 6.06. The van der Waals surface area contributed by atoms with Gasteiger partial charge in [0.15, 0.2) is 0 Å². The van der Waals surface area contributed by atoms with E-state index >= 15 is 0 Å². The van der Waals surface area contributed by atoms with Gasteiger partial charge < -0.3 is 19.3 Å². The first-order valence-electron chi connectivity index (χ1n) is 31.5. The lowest BCUT2D eigenvalue weighted by Gasteiger charge is -2.47. The van der Waals surface area contributed by atoms with E-state index in [2.05, 4.69) is 194 Å². The molecule has 4 aliphatic heterocycles. The van der Waals surface area contributed by atoms with Gasteiger partial charge in [-0.15, -0.1) is 0 Å². The highest BCUT2D eigenvalue weighted by molar-refractivity contribution is 7.02. The van der Waals surface area contributed by atoms with Gasteiger partial charge in [-0.3, -0.25) is 0 Å². The van der Waals surface area contributed by atoms with Crippen molar-refractivity contribution in [2.75, 3.05) is 9.80 Å². The molecule has 9 aromatic rings. The Labute approximate surface area is 485 Å². The zero-order valence-electron chi connectivity index (χ0n) is 47.7. The summed E-state index contributed by atoms with van der Waals surface area (Å²) in [7, 11) is 0. The average molecular weight is 1070 g/mol. The Morgan fingerprint density at radius 3 is 1.02 bits per heavy atom. The van der Waals surface area contributed by atoms with E-state index < -0.39 is 0 Å². The van der Waals surface area contributed by atoms with Crippen molar-refractivity contribution in [3.05, 3.63) is 203 Å². The minimum absolute atomic E-state index is 0.142. The summed E-state index contributed by atoms with van der Waals surface area (Å²) in [6.45, 7) is 4.07. The van der Waals surface area contributed by atoms with Crippen molar-refractivity contribution in [3.8, 4) is 45.3 Å². The van der Waals surface area contributed by atoms with Gasteiger partial charge in [0.2, 0.25) is 0 Å². The molecular weight excluding hydrogens is 994 g/mol. The van der Waals surface area contributed by atoms with E-state index in [-0.39, 0.29) is 13.4 Å². The minimum Gasteiger partial charge on any atom is -0.456 e. The Hall–Kier alpha value is -7.69. The van der Waals surface area contributed by atoms with Crippen LogP contribution in [0.1, 0.15) is 160 Å². The lowest BCUT2D eigenvalue weighted by molar-refractivity contribution is 0.477. The summed E-state index contributed by atoms with van der Waals surface area (Å²) in [5.41, 5.74) is 27.7. The zero-order chi connectivity index (χ0) is 54.2. The lowest BCUT2D eigenvalue weighted by atomic mass is 9.31. The van der Waals surface area contributed by atoms with Gasteiger partial charge in [0.25, 0.3) is 13.4 Å². The largest absolute Gasteiger partial charge is 0.456 e. The highest BCUT2D eigenvalue weighted by Gasteiger charge is 2.52. The minimum atomic E-state index is -0.142. The molecule has 4 fully saturated rings. The smallest absolute Gasteiger partial charge is 0.256 e. The summed E-state index contributed by atoms with van der Waals surface area (Å²) < 4.78 is 15.9. The van der Waals surface area contributed by atoms with Crippen LogP contribution in [-0.2, 0) is 0 Å². The van der Waals surface area contributed by atoms with Crippen LogP contribution in [0.25, 0.3) is 22.3 Å². The van der Waals surface area contributed by atoms with E-state index in [1.54, 1.807) is 0 Å². The predicted octanol–water partition coefficient (Wildman–Crippen LogP) is 17.1. The Bertz CT molecular complexity index is 3730. The third-order valence-electron chi connectivity index (χ3n) is 21.1. The SMILES string of the molecule is Cc1ccc(-c2ccc3c(c2)B2c4cc(C5CCCC5)ccc4N(c4ccc(C5CCCC5)cc4)c4c5c6c(c(c42)O3)N(c2ccc(C3CCCC3)cc2)c2ccc(C3CCCC3)cc2B6c2cc(-c3ccc(C)cc3)ccc2O5)cc1. The Kier molecular flexibility index (Phi) is 11.6. The van der Waals surface area contributed by atoms with Gasteiger partial charge in [0.05, 0.1) is 11.4 Å². The molecule has 0 saturated heterocycles. The van der Waals surface area contributed by atoms with Crippen molar-refractivity contribution >= 4 is 80.3 Å². The molecular formula is C76H70B2N2O2. The molecule has 0 N–H and O–H groups in total. The fourth-order valence-corrected chi connectivity index (χ4v) is 16.8. The number of aryl methyl sites for hydroxylation is 2. The van der Waals surface area contributed by atoms with Crippen LogP contribution in [0.15, 0.2) is 170 Å². The number of hydrogen-bond acceptors (Lipinski definition) is 4. The maximum Gasteiger partial charge on any atom is 0.256 e. The summed E-state index contributed by atoms with van der Waals surface area (Å²) in [6, 6.07) is 66.9. The van der Waals surface area contributed by atoms with Crippen molar-refractivity contribution < 1.29 is 9.47 Å². The molecule has 0 spiro atoms. The molecule has 402 valence electrons. The van der Waals surface area contributed by atoms with Crippen LogP contribution in [0.2, 0.25) is 0 Å². The number of anilines is 6. The highest BCUT2D eigenvalue weighted by Crippen LogP contribution is 2.55. The topological polar surface area (TPSA) is 24.9 Å². The Morgan fingerprint density at radius 1 is 0.329 bits per heavy atom. The fraction of sp³-hybridized carbons (Fsp3) is 0.289. The van der Waals surface area contributed by atoms with E-state index in [1.165, 1.54) is 203 Å². The van der Waals surface area contributed by atoms with Crippen molar-refractivity contribution in [1.82, 2.24) is 0 Å². The van der Waals surface area contributed by atoms with Gasteiger partial charge in [-0.05, 0) is 204 Å². The second-order valence-corrected chi connectivity index (χ2v) is 25.9. The summed E-state index contributed by atoms with van der Waals surface area (Å²) >= 11 is 0. The number of rotatable bonds is 8. The molecule has 4 heterocycles.